The van der Waals surface area contributed by atoms with Crippen molar-refractivity contribution in [2.45, 2.75) is 24.7 Å². The highest BCUT2D eigenvalue weighted by Crippen LogP contribution is 2.50. The molecule has 2 aliphatic carbocycles. The molecule has 4 nitrogen and oxygen atoms in total. The maximum Gasteiger partial charge on any atom is 0.173 e. The van der Waals surface area contributed by atoms with E-state index in [-0.39, 0.29) is 23.4 Å². The standard InChI is InChI=1S/C26H18ClNO3/c27-16-9-7-14(8-10-16)22-23-19(12-15(13-20(23)29)21-6-3-11-31-21)28-25-17-4-1-2-5-18(17)26(30)24(22)25/h1-11,15,22,24H,12-13H2/t15-,22-,24?/m0/s1. The summed E-state index contributed by atoms with van der Waals surface area (Å²) in [6, 6.07) is 18.8. The van der Waals surface area contributed by atoms with Crippen LogP contribution in [0.5, 0.6) is 0 Å². The van der Waals surface area contributed by atoms with E-state index in [4.69, 9.17) is 21.0 Å². The van der Waals surface area contributed by atoms with Gasteiger partial charge in [-0.25, -0.2) is 0 Å². The predicted octanol–water partition coefficient (Wildman–Crippen LogP) is 5.73. The normalized spacial score (nSPS) is 24.5. The summed E-state index contributed by atoms with van der Waals surface area (Å²) >= 11 is 6.13. The van der Waals surface area contributed by atoms with Crippen LogP contribution in [0.15, 0.2) is 87.6 Å². The lowest BCUT2D eigenvalue weighted by molar-refractivity contribution is -0.116. The number of carbonyl (C=O) groups excluding carboxylic acids is 2. The molecule has 0 N–H and O–H groups in total. The van der Waals surface area contributed by atoms with Crippen molar-refractivity contribution < 1.29 is 14.0 Å². The zero-order valence-electron chi connectivity index (χ0n) is 16.5. The van der Waals surface area contributed by atoms with Gasteiger partial charge in [0.2, 0.25) is 0 Å². The summed E-state index contributed by atoms with van der Waals surface area (Å²) in [4.78, 5) is 31.9. The number of aliphatic imine (C=N–C) groups is 1. The maximum absolute atomic E-state index is 13.5. The van der Waals surface area contributed by atoms with Crippen LogP contribution in [0.4, 0.5) is 0 Å². The molecule has 1 aromatic heterocycles. The number of hydrogen-bond donors (Lipinski definition) is 0. The van der Waals surface area contributed by atoms with Gasteiger partial charge in [-0.05, 0) is 29.8 Å². The van der Waals surface area contributed by atoms with E-state index in [1.165, 1.54) is 0 Å². The smallest absolute Gasteiger partial charge is 0.173 e. The topological polar surface area (TPSA) is 59.6 Å². The average molecular weight is 428 g/mol. The molecule has 0 spiro atoms. The molecule has 3 aromatic rings. The fraction of sp³-hybridized carbons (Fsp3) is 0.192. The van der Waals surface area contributed by atoms with E-state index >= 15 is 0 Å². The lowest BCUT2D eigenvalue weighted by atomic mass is 9.69. The Balaban J connectivity index is 1.55. The van der Waals surface area contributed by atoms with E-state index in [0.717, 1.165) is 28.3 Å². The number of allylic oxidation sites excluding steroid dienone is 2. The Morgan fingerprint density at radius 3 is 2.39 bits per heavy atom. The second-order valence-corrected chi connectivity index (χ2v) is 8.75. The number of carbonyl (C=O) groups is 2. The van der Waals surface area contributed by atoms with E-state index < -0.39 is 5.92 Å². The summed E-state index contributed by atoms with van der Waals surface area (Å²) in [5.74, 6) is -0.0179. The summed E-state index contributed by atoms with van der Waals surface area (Å²) in [6.45, 7) is 0. The molecule has 3 aliphatic rings. The van der Waals surface area contributed by atoms with Gasteiger partial charge in [0.1, 0.15) is 5.76 Å². The number of ketones is 2. The first-order valence-electron chi connectivity index (χ1n) is 10.4. The summed E-state index contributed by atoms with van der Waals surface area (Å²) in [5.41, 5.74) is 4.68. The molecule has 0 radical (unpaired) electrons. The molecule has 2 heterocycles. The third kappa shape index (κ3) is 2.78. The van der Waals surface area contributed by atoms with Gasteiger partial charge in [-0.2, -0.15) is 0 Å². The number of rotatable bonds is 2. The predicted molar refractivity (Wildman–Crippen MR) is 118 cm³/mol. The Bertz CT molecular complexity index is 1280. The van der Waals surface area contributed by atoms with Crippen molar-refractivity contribution in [1.29, 1.82) is 0 Å². The minimum absolute atomic E-state index is 0.0295. The van der Waals surface area contributed by atoms with Crippen LogP contribution in [-0.4, -0.2) is 17.3 Å². The highest BCUT2D eigenvalue weighted by molar-refractivity contribution is 6.31. The lowest BCUT2D eigenvalue weighted by Crippen LogP contribution is -2.34. The van der Waals surface area contributed by atoms with Gasteiger partial charge in [0.15, 0.2) is 11.6 Å². The van der Waals surface area contributed by atoms with E-state index in [1.807, 2.05) is 60.7 Å². The first kappa shape index (κ1) is 18.5. The number of fused-ring (bicyclic) bond motifs is 3. The van der Waals surface area contributed by atoms with E-state index in [0.29, 0.717) is 29.0 Å². The van der Waals surface area contributed by atoms with Crippen LogP contribution in [0.3, 0.4) is 0 Å². The Kier molecular flexibility index (Phi) is 4.12. The van der Waals surface area contributed by atoms with Crippen molar-refractivity contribution in [3.63, 3.8) is 0 Å². The summed E-state index contributed by atoms with van der Waals surface area (Å²) in [7, 11) is 0. The molecule has 0 fully saturated rings. The first-order chi connectivity index (χ1) is 15.1. The molecule has 31 heavy (non-hydrogen) atoms. The molecule has 6 rings (SSSR count). The van der Waals surface area contributed by atoms with Gasteiger partial charge < -0.3 is 4.42 Å². The molecular weight excluding hydrogens is 410 g/mol. The SMILES string of the molecule is O=C1C[C@@H](c2ccco2)CC2=C1[C@H](c1ccc(Cl)cc1)C1C(=O)c3ccccc3C1=N2. The fourth-order valence-corrected chi connectivity index (χ4v) is 5.38. The third-order valence-electron chi connectivity index (χ3n) is 6.60. The number of hydrogen-bond acceptors (Lipinski definition) is 4. The Labute approximate surface area is 184 Å². The van der Waals surface area contributed by atoms with Gasteiger partial charge in [-0.1, -0.05) is 48.0 Å². The second-order valence-electron chi connectivity index (χ2n) is 8.32. The molecule has 0 saturated heterocycles. The fourth-order valence-electron chi connectivity index (χ4n) is 5.25. The van der Waals surface area contributed by atoms with Crippen LogP contribution in [-0.2, 0) is 4.79 Å². The Morgan fingerprint density at radius 1 is 0.871 bits per heavy atom. The van der Waals surface area contributed by atoms with Crippen LogP contribution in [0.25, 0.3) is 0 Å². The molecular formula is C26H18ClNO3. The van der Waals surface area contributed by atoms with Crippen molar-refractivity contribution in [2.24, 2.45) is 10.9 Å². The monoisotopic (exact) mass is 427 g/mol. The van der Waals surface area contributed by atoms with Gasteiger partial charge in [-0.15, -0.1) is 0 Å². The molecule has 5 heteroatoms. The Hall–Kier alpha value is -3.24. The van der Waals surface area contributed by atoms with Crippen molar-refractivity contribution in [2.75, 3.05) is 0 Å². The third-order valence-corrected chi connectivity index (χ3v) is 6.85. The molecule has 2 aromatic carbocycles. The highest BCUT2D eigenvalue weighted by Gasteiger charge is 2.49. The minimum atomic E-state index is -0.485. The van der Waals surface area contributed by atoms with Crippen molar-refractivity contribution in [3.8, 4) is 0 Å². The largest absolute Gasteiger partial charge is 0.469 e. The minimum Gasteiger partial charge on any atom is -0.469 e. The molecule has 1 unspecified atom stereocenters. The van der Waals surface area contributed by atoms with Gasteiger partial charge >= 0.3 is 0 Å². The Morgan fingerprint density at radius 2 is 1.65 bits per heavy atom. The number of furan rings is 1. The van der Waals surface area contributed by atoms with Crippen molar-refractivity contribution >= 4 is 28.9 Å². The lowest BCUT2D eigenvalue weighted by Gasteiger charge is -2.35. The number of nitrogens with zero attached hydrogens (tertiary/aromatic N) is 1. The van der Waals surface area contributed by atoms with Crippen molar-refractivity contribution in [3.05, 3.63) is 106 Å². The van der Waals surface area contributed by atoms with Crippen LogP contribution in [0.1, 0.15) is 51.9 Å². The van der Waals surface area contributed by atoms with Crippen molar-refractivity contribution in [1.82, 2.24) is 0 Å². The molecule has 1 aliphatic heterocycles. The zero-order chi connectivity index (χ0) is 21.1. The molecule has 0 amide bonds. The molecule has 0 bridgehead atoms. The van der Waals surface area contributed by atoms with E-state index in [9.17, 15) is 9.59 Å². The number of halogens is 1. The van der Waals surface area contributed by atoms with Crippen LogP contribution >= 0.6 is 11.6 Å². The van der Waals surface area contributed by atoms with Gasteiger partial charge in [-0.3, -0.25) is 14.6 Å². The van der Waals surface area contributed by atoms with Crippen LogP contribution in [0, 0.1) is 5.92 Å². The van der Waals surface area contributed by atoms with E-state index in [2.05, 4.69) is 0 Å². The summed E-state index contributed by atoms with van der Waals surface area (Å²) in [5, 5.41) is 0.622. The van der Waals surface area contributed by atoms with Gasteiger partial charge in [0.25, 0.3) is 0 Å². The molecule has 152 valence electrons. The van der Waals surface area contributed by atoms with Gasteiger partial charge in [0.05, 0.1) is 17.9 Å². The quantitative estimate of drug-likeness (QED) is 0.524. The second kappa shape index (κ2) is 6.89. The number of Topliss-reactive ketones (excluding diaryl/α,β-unsaturated/α-hetero) is 2. The van der Waals surface area contributed by atoms with Gasteiger partial charge in [0, 0.05) is 52.1 Å². The van der Waals surface area contributed by atoms with Crippen LogP contribution in [0.2, 0.25) is 5.02 Å². The molecule has 3 atom stereocenters. The maximum atomic E-state index is 13.5. The van der Waals surface area contributed by atoms with E-state index in [1.54, 1.807) is 6.26 Å². The van der Waals surface area contributed by atoms with Crippen LogP contribution < -0.4 is 0 Å². The number of benzene rings is 2. The average Bonchev–Trinajstić information content (AvgIpc) is 3.41. The highest BCUT2D eigenvalue weighted by atomic mass is 35.5. The zero-order valence-corrected chi connectivity index (χ0v) is 17.3. The summed E-state index contributed by atoms with van der Waals surface area (Å²) < 4.78 is 5.59. The molecule has 0 saturated carbocycles. The summed E-state index contributed by atoms with van der Waals surface area (Å²) in [6.07, 6.45) is 2.61. The first-order valence-corrected chi connectivity index (χ1v) is 10.8.